The molecule has 0 bridgehead atoms. The maximum atomic E-state index is 12.9. The fourth-order valence-electron chi connectivity index (χ4n) is 3.23. The van der Waals surface area contributed by atoms with E-state index in [1.54, 1.807) is 10.4 Å². The maximum absolute atomic E-state index is 12.9. The third kappa shape index (κ3) is 4.44. The molecule has 1 fully saturated rings. The van der Waals surface area contributed by atoms with Gasteiger partial charge in [0.25, 0.3) is 0 Å². The van der Waals surface area contributed by atoms with Crippen LogP contribution in [0.25, 0.3) is 0 Å². The molecule has 140 valence electrons. The molecule has 0 N–H and O–H groups in total. The first-order chi connectivity index (χ1) is 12.5. The molecule has 0 aliphatic carbocycles. The summed E-state index contributed by atoms with van der Waals surface area (Å²) in [5.74, 6) is 0.864. The van der Waals surface area contributed by atoms with Gasteiger partial charge in [-0.2, -0.15) is 4.31 Å². The van der Waals surface area contributed by atoms with Crippen molar-refractivity contribution < 1.29 is 13.2 Å². The quantitative estimate of drug-likeness (QED) is 0.780. The van der Waals surface area contributed by atoms with Gasteiger partial charge in [-0.25, -0.2) is 8.42 Å². The summed E-state index contributed by atoms with van der Waals surface area (Å²) in [5, 5.41) is 0. The number of hydrogen-bond acceptors (Lipinski definition) is 4. The van der Waals surface area contributed by atoms with Crippen LogP contribution in [-0.2, 0) is 10.0 Å². The Labute approximate surface area is 156 Å². The van der Waals surface area contributed by atoms with Gasteiger partial charge in [0.15, 0.2) is 0 Å². The van der Waals surface area contributed by atoms with Crippen molar-refractivity contribution in [2.24, 2.45) is 0 Å². The largest absolute Gasteiger partial charge is 0.492 e. The summed E-state index contributed by atoms with van der Waals surface area (Å²) in [6.07, 6.45) is 0. The first kappa shape index (κ1) is 18.9. The Morgan fingerprint density at radius 1 is 0.962 bits per heavy atom. The maximum Gasteiger partial charge on any atom is 0.243 e. The monoisotopic (exact) mass is 374 g/mol. The highest BCUT2D eigenvalue weighted by molar-refractivity contribution is 7.89. The standard InChI is InChI=1S/C20H26N2O3S/c1-17-8-9-20(18(2)16-17)26(23,24)22-12-10-21(11-13-22)14-15-25-19-6-4-3-5-7-19/h3-9,16H,10-15H2,1-2H3. The fraction of sp³-hybridized carbons (Fsp3) is 0.400. The molecule has 0 radical (unpaired) electrons. The number of nitrogens with zero attached hydrogens (tertiary/aromatic N) is 2. The molecule has 6 heteroatoms. The molecule has 0 atom stereocenters. The van der Waals surface area contributed by atoms with Crippen molar-refractivity contribution in [2.75, 3.05) is 39.3 Å². The van der Waals surface area contributed by atoms with Crippen molar-refractivity contribution in [3.05, 3.63) is 59.7 Å². The van der Waals surface area contributed by atoms with Crippen molar-refractivity contribution in [3.8, 4) is 5.75 Å². The van der Waals surface area contributed by atoms with Gasteiger partial charge in [0.05, 0.1) is 4.90 Å². The smallest absolute Gasteiger partial charge is 0.243 e. The zero-order valence-electron chi connectivity index (χ0n) is 15.4. The number of sulfonamides is 1. The lowest BCUT2D eigenvalue weighted by molar-refractivity contribution is 0.159. The molecular weight excluding hydrogens is 348 g/mol. The summed E-state index contributed by atoms with van der Waals surface area (Å²) in [4.78, 5) is 2.67. The van der Waals surface area contributed by atoms with Crippen LogP contribution in [-0.4, -0.2) is 57.0 Å². The van der Waals surface area contributed by atoms with E-state index in [-0.39, 0.29) is 0 Å². The molecule has 0 unspecified atom stereocenters. The highest BCUT2D eigenvalue weighted by atomic mass is 32.2. The molecule has 5 nitrogen and oxygen atoms in total. The van der Waals surface area contributed by atoms with Gasteiger partial charge in [-0.15, -0.1) is 0 Å². The Bertz CT molecular complexity index is 829. The second kappa shape index (κ2) is 8.20. The van der Waals surface area contributed by atoms with Crippen LogP contribution in [0.2, 0.25) is 0 Å². The number of para-hydroxylation sites is 1. The van der Waals surface area contributed by atoms with Gasteiger partial charge in [-0.05, 0) is 37.6 Å². The van der Waals surface area contributed by atoms with E-state index >= 15 is 0 Å². The summed E-state index contributed by atoms with van der Waals surface area (Å²) >= 11 is 0. The van der Waals surface area contributed by atoms with E-state index in [1.165, 1.54) is 0 Å². The number of aryl methyl sites for hydroxylation is 2. The average Bonchev–Trinajstić information content (AvgIpc) is 2.63. The van der Waals surface area contributed by atoms with E-state index in [0.29, 0.717) is 24.6 Å². The van der Waals surface area contributed by atoms with Crippen LogP contribution >= 0.6 is 0 Å². The summed E-state index contributed by atoms with van der Waals surface area (Å²) < 4.78 is 33.1. The van der Waals surface area contributed by atoms with Gasteiger partial charge in [0.1, 0.15) is 12.4 Å². The van der Waals surface area contributed by atoms with E-state index in [0.717, 1.165) is 36.5 Å². The Hall–Kier alpha value is -1.89. The molecule has 0 aromatic heterocycles. The van der Waals surface area contributed by atoms with Crippen LogP contribution < -0.4 is 4.74 Å². The Kier molecular flexibility index (Phi) is 5.96. The fourth-order valence-corrected chi connectivity index (χ4v) is 4.86. The van der Waals surface area contributed by atoms with Crippen LogP contribution in [0, 0.1) is 13.8 Å². The molecular formula is C20H26N2O3S. The van der Waals surface area contributed by atoms with Gasteiger partial charge in [0.2, 0.25) is 10.0 Å². The summed E-state index contributed by atoms with van der Waals surface area (Å²) in [6, 6.07) is 15.2. The van der Waals surface area contributed by atoms with Crippen molar-refractivity contribution in [2.45, 2.75) is 18.7 Å². The Balaban J connectivity index is 1.53. The molecule has 1 saturated heterocycles. The van der Waals surface area contributed by atoms with Crippen molar-refractivity contribution in [1.82, 2.24) is 9.21 Å². The molecule has 0 amide bonds. The molecule has 1 aliphatic rings. The summed E-state index contributed by atoms with van der Waals surface area (Å²) in [7, 11) is -3.42. The van der Waals surface area contributed by atoms with Gasteiger partial charge < -0.3 is 4.74 Å². The van der Waals surface area contributed by atoms with Crippen molar-refractivity contribution in [1.29, 1.82) is 0 Å². The SMILES string of the molecule is Cc1ccc(S(=O)(=O)N2CCN(CCOc3ccccc3)CC2)c(C)c1. The minimum absolute atomic E-state index is 0.420. The van der Waals surface area contributed by atoms with E-state index in [4.69, 9.17) is 4.74 Å². The van der Waals surface area contributed by atoms with Crippen molar-refractivity contribution >= 4 is 10.0 Å². The molecule has 0 saturated carbocycles. The van der Waals surface area contributed by atoms with Gasteiger partial charge in [-0.1, -0.05) is 35.9 Å². The third-order valence-corrected chi connectivity index (χ3v) is 6.76. The van der Waals surface area contributed by atoms with Crippen molar-refractivity contribution in [3.63, 3.8) is 0 Å². The highest BCUT2D eigenvalue weighted by Gasteiger charge is 2.29. The zero-order chi connectivity index (χ0) is 18.6. The van der Waals surface area contributed by atoms with Crippen LogP contribution in [0.5, 0.6) is 5.75 Å². The van der Waals surface area contributed by atoms with Gasteiger partial charge in [-0.3, -0.25) is 4.90 Å². The van der Waals surface area contributed by atoms with Crippen LogP contribution in [0.3, 0.4) is 0 Å². The molecule has 1 heterocycles. The first-order valence-electron chi connectivity index (χ1n) is 8.94. The minimum atomic E-state index is -3.42. The highest BCUT2D eigenvalue weighted by Crippen LogP contribution is 2.22. The molecule has 26 heavy (non-hydrogen) atoms. The molecule has 3 rings (SSSR count). The van der Waals surface area contributed by atoms with Gasteiger partial charge in [0, 0.05) is 32.7 Å². The van der Waals surface area contributed by atoms with E-state index in [1.807, 2.05) is 56.3 Å². The number of piperazine rings is 1. The molecule has 1 aliphatic heterocycles. The molecule has 2 aromatic rings. The summed E-state index contributed by atoms with van der Waals surface area (Å²) in [5.41, 5.74) is 1.88. The zero-order valence-corrected chi connectivity index (χ0v) is 16.2. The van der Waals surface area contributed by atoms with Crippen LogP contribution in [0.1, 0.15) is 11.1 Å². The van der Waals surface area contributed by atoms with E-state index in [2.05, 4.69) is 4.90 Å². The van der Waals surface area contributed by atoms with Crippen LogP contribution in [0.15, 0.2) is 53.4 Å². The second-order valence-corrected chi connectivity index (χ2v) is 8.58. The Morgan fingerprint density at radius 2 is 1.65 bits per heavy atom. The Morgan fingerprint density at radius 3 is 2.31 bits per heavy atom. The van der Waals surface area contributed by atoms with Gasteiger partial charge >= 0.3 is 0 Å². The van der Waals surface area contributed by atoms with E-state index < -0.39 is 10.0 Å². The number of ether oxygens (including phenoxy) is 1. The lowest BCUT2D eigenvalue weighted by atomic mass is 10.2. The molecule has 0 spiro atoms. The normalized spacial score (nSPS) is 16.5. The van der Waals surface area contributed by atoms with Crippen LogP contribution in [0.4, 0.5) is 0 Å². The summed E-state index contributed by atoms with van der Waals surface area (Å²) in [6.45, 7) is 7.71. The topological polar surface area (TPSA) is 49.9 Å². The lowest BCUT2D eigenvalue weighted by Crippen LogP contribution is -2.49. The van der Waals surface area contributed by atoms with E-state index in [9.17, 15) is 8.42 Å². The lowest BCUT2D eigenvalue weighted by Gasteiger charge is -2.34. The number of rotatable bonds is 6. The third-order valence-electron chi connectivity index (χ3n) is 4.70. The minimum Gasteiger partial charge on any atom is -0.492 e. The number of hydrogen-bond donors (Lipinski definition) is 0. The number of benzene rings is 2. The predicted octanol–water partition coefficient (Wildman–Crippen LogP) is 2.69. The average molecular weight is 375 g/mol. The predicted molar refractivity (Wildman–Crippen MR) is 103 cm³/mol. The first-order valence-corrected chi connectivity index (χ1v) is 10.4. The molecule has 2 aromatic carbocycles. The second-order valence-electron chi connectivity index (χ2n) is 6.68.